The summed E-state index contributed by atoms with van der Waals surface area (Å²) in [6.07, 6.45) is 0. The summed E-state index contributed by atoms with van der Waals surface area (Å²) in [7, 11) is 0. The van der Waals surface area contributed by atoms with Crippen LogP contribution in [0, 0.1) is 0 Å². The third-order valence-electron chi connectivity index (χ3n) is 4.94. The molecule has 0 saturated heterocycles. The van der Waals surface area contributed by atoms with Gasteiger partial charge in [0.15, 0.2) is 0 Å². The van der Waals surface area contributed by atoms with Gasteiger partial charge in [-0.2, -0.15) is 0 Å². The molecule has 2 N–H and O–H groups in total. The van der Waals surface area contributed by atoms with Crippen LogP contribution in [-0.2, 0) is 0 Å². The summed E-state index contributed by atoms with van der Waals surface area (Å²) in [5, 5.41) is 7.55. The molecule has 0 aliphatic heterocycles. The molecule has 0 aromatic heterocycles. The number of nitrogens with two attached hydrogens (primary N) is 1. The Labute approximate surface area is 146 Å². The fourth-order valence-corrected chi connectivity index (χ4v) is 3.64. The van der Waals surface area contributed by atoms with E-state index in [1.165, 1.54) is 43.4 Å². The van der Waals surface area contributed by atoms with Crippen LogP contribution in [-0.4, -0.2) is 0 Å². The lowest BCUT2D eigenvalue weighted by atomic mass is 9.96. The maximum Gasteiger partial charge on any atom is 0.0320 e. The van der Waals surface area contributed by atoms with E-state index >= 15 is 0 Å². The van der Waals surface area contributed by atoms with Gasteiger partial charge < -0.3 is 5.73 Å². The van der Waals surface area contributed by atoms with Gasteiger partial charge in [0, 0.05) is 5.69 Å². The van der Waals surface area contributed by atoms with E-state index in [0.717, 1.165) is 5.69 Å². The molecule has 0 amide bonds. The highest BCUT2D eigenvalue weighted by molar-refractivity contribution is 6.08. The molecular weight excluding hydrogens is 302 g/mol. The summed E-state index contributed by atoms with van der Waals surface area (Å²) < 4.78 is 0. The van der Waals surface area contributed by atoms with Gasteiger partial charge in [0.25, 0.3) is 0 Å². The molecule has 25 heavy (non-hydrogen) atoms. The van der Waals surface area contributed by atoms with Gasteiger partial charge in [-0.3, -0.25) is 0 Å². The van der Waals surface area contributed by atoms with E-state index in [-0.39, 0.29) is 0 Å². The van der Waals surface area contributed by atoms with Crippen molar-refractivity contribution in [1.29, 1.82) is 0 Å². The molecule has 0 bridgehead atoms. The molecule has 5 aromatic rings. The van der Waals surface area contributed by atoms with Crippen molar-refractivity contribution in [3.05, 3.63) is 91.0 Å². The van der Waals surface area contributed by atoms with Crippen LogP contribution < -0.4 is 5.73 Å². The van der Waals surface area contributed by atoms with Gasteiger partial charge in [-0.05, 0) is 67.7 Å². The molecule has 0 unspecified atom stereocenters. The van der Waals surface area contributed by atoms with E-state index < -0.39 is 0 Å². The maximum absolute atomic E-state index is 5.88. The zero-order valence-electron chi connectivity index (χ0n) is 13.7. The Hall–Kier alpha value is -3.32. The molecule has 1 heteroatoms. The number of nitrogen functional groups attached to an aromatic ring is 1. The number of hydrogen-bond acceptors (Lipinski definition) is 1. The zero-order valence-corrected chi connectivity index (χ0v) is 13.7. The smallest absolute Gasteiger partial charge is 0.0320 e. The standard InChI is InChI=1S/C24H17N/c25-22-11-9-18-13-17(6-7-20(18)15-22)19-10-12-24-21(14-19)8-5-16-3-1-2-4-23(16)24/h1-15H,25H2. The molecular formula is C24H17N. The molecule has 118 valence electrons. The Kier molecular flexibility index (Phi) is 3.01. The quantitative estimate of drug-likeness (QED) is 0.281. The van der Waals surface area contributed by atoms with Gasteiger partial charge in [-0.25, -0.2) is 0 Å². The van der Waals surface area contributed by atoms with Crippen molar-refractivity contribution in [2.24, 2.45) is 0 Å². The third-order valence-corrected chi connectivity index (χ3v) is 4.94. The van der Waals surface area contributed by atoms with Crippen LogP contribution in [0.3, 0.4) is 0 Å². The first-order chi connectivity index (χ1) is 12.3. The summed E-state index contributed by atoms with van der Waals surface area (Å²) in [5.74, 6) is 0. The third kappa shape index (κ3) is 2.33. The maximum atomic E-state index is 5.88. The van der Waals surface area contributed by atoms with E-state index in [9.17, 15) is 0 Å². The Bertz CT molecular complexity index is 1250. The predicted molar refractivity (Wildman–Crippen MR) is 109 cm³/mol. The lowest BCUT2D eigenvalue weighted by molar-refractivity contribution is 1.67. The van der Waals surface area contributed by atoms with E-state index in [4.69, 9.17) is 5.73 Å². The van der Waals surface area contributed by atoms with Gasteiger partial charge in [0.1, 0.15) is 0 Å². The second kappa shape index (κ2) is 5.35. The van der Waals surface area contributed by atoms with Crippen molar-refractivity contribution >= 4 is 38.0 Å². The van der Waals surface area contributed by atoms with Crippen LogP contribution in [0.1, 0.15) is 0 Å². The van der Waals surface area contributed by atoms with Gasteiger partial charge in [0.2, 0.25) is 0 Å². The van der Waals surface area contributed by atoms with E-state index in [0.29, 0.717) is 0 Å². The lowest BCUT2D eigenvalue weighted by Gasteiger charge is -2.08. The van der Waals surface area contributed by atoms with Crippen molar-refractivity contribution < 1.29 is 0 Å². The second-order valence-corrected chi connectivity index (χ2v) is 6.54. The Morgan fingerprint density at radius 1 is 0.440 bits per heavy atom. The van der Waals surface area contributed by atoms with Crippen molar-refractivity contribution in [1.82, 2.24) is 0 Å². The molecule has 5 rings (SSSR count). The molecule has 0 aliphatic rings. The highest BCUT2D eigenvalue weighted by atomic mass is 14.5. The van der Waals surface area contributed by atoms with Gasteiger partial charge in [-0.15, -0.1) is 0 Å². The molecule has 0 heterocycles. The summed E-state index contributed by atoms with van der Waals surface area (Å²) in [5.41, 5.74) is 9.15. The van der Waals surface area contributed by atoms with Gasteiger partial charge >= 0.3 is 0 Å². The van der Waals surface area contributed by atoms with Crippen LogP contribution in [0.2, 0.25) is 0 Å². The lowest BCUT2D eigenvalue weighted by Crippen LogP contribution is -1.85. The molecule has 0 aliphatic carbocycles. The summed E-state index contributed by atoms with van der Waals surface area (Å²) in [6.45, 7) is 0. The van der Waals surface area contributed by atoms with Crippen molar-refractivity contribution in [2.45, 2.75) is 0 Å². The number of fused-ring (bicyclic) bond motifs is 4. The van der Waals surface area contributed by atoms with Crippen molar-refractivity contribution in [3.63, 3.8) is 0 Å². The summed E-state index contributed by atoms with van der Waals surface area (Å²) in [4.78, 5) is 0. The first-order valence-electron chi connectivity index (χ1n) is 8.49. The first kappa shape index (κ1) is 14.1. The average molecular weight is 319 g/mol. The molecule has 0 fully saturated rings. The van der Waals surface area contributed by atoms with E-state index in [1.807, 2.05) is 12.1 Å². The number of hydrogen-bond donors (Lipinski definition) is 1. The zero-order chi connectivity index (χ0) is 16.8. The SMILES string of the molecule is Nc1ccc2cc(-c3ccc4c(ccc5ccccc54)c3)ccc2c1. The Balaban J connectivity index is 1.70. The number of anilines is 1. The first-order valence-corrected chi connectivity index (χ1v) is 8.49. The van der Waals surface area contributed by atoms with Crippen LogP contribution >= 0.6 is 0 Å². The Morgan fingerprint density at radius 2 is 1.04 bits per heavy atom. The molecule has 5 aromatic carbocycles. The molecule has 0 atom stereocenters. The van der Waals surface area contributed by atoms with Crippen LogP contribution in [0.15, 0.2) is 91.0 Å². The predicted octanol–water partition coefficient (Wildman–Crippen LogP) is 6.40. The van der Waals surface area contributed by atoms with Crippen molar-refractivity contribution in [3.8, 4) is 11.1 Å². The number of rotatable bonds is 1. The van der Waals surface area contributed by atoms with E-state index in [2.05, 4.69) is 78.9 Å². The molecule has 0 radical (unpaired) electrons. The second-order valence-electron chi connectivity index (χ2n) is 6.54. The summed E-state index contributed by atoms with van der Waals surface area (Å²) in [6, 6.07) is 32.3. The fraction of sp³-hybridized carbons (Fsp3) is 0. The summed E-state index contributed by atoms with van der Waals surface area (Å²) >= 11 is 0. The fourth-order valence-electron chi connectivity index (χ4n) is 3.64. The monoisotopic (exact) mass is 319 g/mol. The van der Waals surface area contributed by atoms with Crippen molar-refractivity contribution in [2.75, 3.05) is 5.73 Å². The minimum atomic E-state index is 0.804. The Morgan fingerprint density at radius 3 is 1.96 bits per heavy atom. The highest BCUT2D eigenvalue weighted by Crippen LogP contribution is 2.31. The van der Waals surface area contributed by atoms with Crippen LogP contribution in [0.5, 0.6) is 0 Å². The van der Waals surface area contributed by atoms with E-state index in [1.54, 1.807) is 0 Å². The molecule has 1 nitrogen and oxygen atoms in total. The molecule has 0 spiro atoms. The molecule has 0 saturated carbocycles. The minimum Gasteiger partial charge on any atom is -0.399 e. The van der Waals surface area contributed by atoms with Gasteiger partial charge in [0.05, 0.1) is 0 Å². The van der Waals surface area contributed by atoms with Gasteiger partial charge in [-0.1, -0.05) is 66.7 Å². The number of benzene rings is 5. The van der Waals surface area contributed by atoms with Crippen LogP contribution in [0.4, 0.5) is 5.69 Å². The largest absolute Gasteiger partial charge is 0.399 e. The normalized spacial score (nSPS) is 11.4. The topological polar surface area (TPSA) is 26.0 Å². The average Bonchev–Trinajstić information content (AvgIpc) is 2.67. The van der Waals surface area contributed by atoms with Crippen LogP contribution in [0.25, 0.3) is 43.4 Å². The minimum absolute atomic E-state index is 0.804. The highest BCUT2D eigenvalue weighted by Gasteiger charge is 2.04.